The van der Waals surface area contributed by atoms with E-state index in [1.807, 2.05) is 0 Å². The molecule has 0 aromatic heterocycles. The lowest BCUT2D eigenvalue weighted by Crippen LogP contribution is -2.18. The number of thioether (sulfide) groups is 1. The molecule has 1 aromatic rings. The smallest absolute Gasteiger partial charge is 0.0104 e. The summed E-state index contributed by atoms with van der Waals surface area (Å²) in [6, 6.07) is 7.12. The summed E-state index contributed by atoms with van der Waals surface area (Å²) in [5.41, 5.74) is 8.66. The van der Waals surface area contributed by atoms with Crippen molar-refractivity contribution in [1.29, 1.82) is 0 Å². The van der Waals surface area contributed by atoms with E-state index in [4.69, 9.17) is 5.73 Å². The average molecular weight is 277 g/mol. The third kappa shape index (κ3) is 4.54. The predicted molar refractivity (Wildman–Crippen MR) is 85.8 cm³/mol. The van der Waals surface area contributed by atoms with Crippen LogP contribution in [0.1, 0.15) is 50.7 Å². The number of rotatable bonds is 4. The van der Waals surface area contributed by atoms with Crippen molar-refractivity contribution in [3.05, 3.63) is 29.3 Å². The maximum atomic E-state index is 5.87. The lowest BCUT2D eigenvalue weighted by Gasteiger charge is -2.26. The number of aryl methyl sites for hydroxylation is 1. The van der Waals surface area contributed by atoms with Gasteiger partial charge < -0.3 is 5.73 Å². The molecule has 0 spiro atoms. The minimum Gasteiger partial charge on any atom is -0.328 e. The summed E-state index contributed by atoms with van der Waals surface area (Å²) in [7, 11) is 0. The van der Waals surface area contributed by atoms with Crippen LogP contribution in [0.15, 0.2) is 23.1 Å². The standard InChI is InChI=1S/C17H27NS/c1-12-5-4-6-16(9-12)19-17-8-7-15(10-13(17)2)11-14(3)18/h7-8,10,12,14,16H,4-6,9,11,18H2,1-3H3. The van der Waals surface area contributed by atoms with Gasteiger partial charge in [-0.1, -0.05) is 31.9 Å². The molecule has 1 fully saturated rings. The van der Waals surface area contributed by atoms with E-state index in [9.17, 15) is 0 Å². The van der Waals surface area contributed by atoms with Crippen molar-refractivity contribution in [3.63, 3.8) is 0 Å². The molecule has 106 valence electrons. The first-order valence-electron chi connectivity index (χ1n) is 7.56. The fourth-order valence-corrected chi connectivity index (χ4v) is 4.47. The van der Waals surface area contributed by atoms with Crippen molar-refractivity contribution >= 4 is 11.8 Å². The topological polar surface area (TPSA) is 26.0 Å². The molecule has 2 rings (SSSR count). The Hall–Kier alpha value is -0.470. The molecule has 0 amide bonds. The Kier molecular flexibility index (Phi) is 5.35. The molecule has 3 atom stereocenters. The fourth-order valence-electron chi connectivity index (χ4n) is 3.01. The Morgan fingerprint density at radius 1 is 1.37 bits per heavy atom. The molecule has 0 radical (unpaired) electrons. The van der Waals surface area contributed by atoms with Gasteiger partial charge in [-0.05, 0) is 56.2 Å². The van der Waals surface area contributed by atoms with Crippen LogP contribution in [0.2, 0.25) is 0 Å². The van der Waals surface area contributed by atoms with Crippen LogP contribution in [0.25, 0.3) is 0 Å². The lowest BCUT2D eigenvalue weighted by molar-refractivity contribution is 0.394. The predicted octanol–water partition coefficient (Wildman–Crippen LogP) is 4.56. The van der Waals surface area contributed by atoms with Gasteiger partial charge in [0.1, 0.15) is 0 Å². The summed E-state index contributed by atoms with van der Waals surface area (Å²) in [5.74, 6) is 0.906. The molecule has 1 saturated carbocycles. The molecule has 1 aliphatic rings. The van der Waals surface area contributed by atoms with Crippen LogP contribution in [0.3, 0.4) is 0 Å². The Morgan fingerprint density at radius 2 is 2.16 bits per heavy atom. The summed E-state index contributed by atoms with van der Waals surface area (Å²) >= 11 is 2.09. The van der Waals surface area contributed by atoms with E-state index in [0.29, 0.717) is 0 Å². The molecule has 0 bridgehead atoms. The van der Waals surface area contributed by atoms with E-state index in [1.54, 1.807) is 0 Å². The second-order valence-corrected chi connectivity index (χ2v) is 7.64. The first-order chi connectivity index (χ1) is 9.04. The van der Waals surface area contributed by atoms with Gasteiger partial charge in [0.05, 0.1) is 0 Å². The van der Waals surface area contributed by atoms with Gasteiger partial charge in [-0.3, -0.25) is 0 Å². The summed E-state index contributed by atoms with van der Waals surface area (Å²) in [6.07, 6.45) is 6.57. The summed E-state index contributed by atoms with van der Waals surface area (Å²) < 4.78 is 0. The third-order valence-corrected chi connectivity index (χ3v) is 5.45. The van der Waals surface area contributed by atoms with Crippen molar-refractivity contribution < 1.29 is 0 Å². The molecular weight excluding hydrogens is 250 g/mol. The van der Waals surface area contributed by atoms with Gasteiger partial charge >= 0.3 is 0 Å². The van der Waals surface area contributed by atoms with E-state index < -0.39 is 0 Å². The highest BCUT2D eigenvalue weighted by Crippen LogP contribution is 2.37. The van der Waals surface area contributed by atoms with E-state index >= 15 is 0 Å². The zero-order chi connectivity index (χ0) is 13.8. The summed E-state index contributed by atoms with van der Waals surface area (Å²) in [4.78, 5) is 1.47. The van der Waals surface area contributed by atoms with Crippen molar-refractivity contribution in [1.82, 2.24) is 0 Å². The monoisotopic (exact) mass is 277 g/mol. The number of nitrogens with two attached hydrogens (primary N) is 1. The van der Waals surface area contributed by atoms with Gasteiger partial charge in [0, 0.05) is 16.2 Å². The fraction of sp³-hybridized carbons (Fsp3) is 0.647. The Labute approximate surface area is 122 Å². The Morgan fingerprint density at radius 3 is 2.79 bits per heavy atom. The highest BCUT2D eigenvalue weighted by atomic mass is 32.2. The van der Waals surface area contributed by atoms with Gasteiger partial charge in [-0.2, -0.15) is 0 Å². The van der Waals surface area contributed by atoms with Gasteiger partial charge in [0.25, 0.3) is 0 Å². The van der Waals surface area contributed by atoms with Crippen LogP contribution in [-0.2, 0) is 6.42 Å². The van der Waals surface area contributed by atoms with Crippen LogP contribution in [0.4, 0.5) is 0 Å². The summed E-state index contributed by atoms with van der Waals surface area (Å²) in [5, 5.41) is 0.821. The number of hydrogen-bond acceptors (Lipinski definition) is 2. The molecule has 1 nitrogen and oxygen atoms in total. The van der Waals surface area contributed by atoms with E-state index in [1.165, 1.54) is 41.7 Å². The quantitative estimate of drug-likeness (QED) is 0.873. The minimum atomic E-state index is 0.247. The molecule has 1 aliphatic carbocycles. The first-order valence-corrected chi connectivity index (χ1v) is 8.44. The van der Waals surface area contributed by atoms with E-state index in [0.717, 1.165) is 17.6 Å². The highest BCUT2D eigenvalue weighted by Gasteiger charge is 2.20. The molecule has 0 saturated heterocycles. The van der Waals surface area contributed by atoms with Gasteiger partial charge in [-0.25, -0.2) is 0 Å². The maximum absolute atomic E-state index is 5.87. The normalized spacial score (nSPS) is 25.3. The van der Waals surface area contributed by atoms with Crippen LogP contribution >= 0.6 is 11.8 Å². The molecule has 0 heterocycles. The van der Waals surface area contributed by atoms with Crippen molar-refractivity contribution in [3.8, 4) is 0 Å². The van der Waals surface area contributed by atoms with Crippen molar-refractivity contribution in [2.75, 3.05) is 0 Å². The molecule has 2 N–H and O–H groups in total. The van der Waals surface area contributed by atoms with E-state index in [2.05, 4.69) is 50.7 Å². The zero-order valence-electron chi connectivity index (χ0n) is 12.5. The third-order valence-electron chi connectivity index (χ3n) is 3.98. The second kappa shape index (κ2) is 6.81. The van der Waals surface area contributed by atoms with Crippen LogP contribution in [0.5, 0.6) is 0 Å². The molecule has 0 aliphatic heterocycles. The highest BCUT2D eigenvalue weighted by molar-refractivity contribution is 8.00. The SMILES string of the molecule is Cc1cc(CC(C)N)ccc1SC1CCCC(C)C1. The molecule has 19 heavy (non-hydrogen) atoms. The molecule has 2 heteroatoms. The van der Waals surface area contributed by atoms with Gasteiger partial charge in [0.2, 0.25) is 0 Å². The zero-order valence-corrected chi connectivity index (χ0v) is 13.3. The van der Waals surface area contributed by atoms with Crippen LogP contribution in [-0.4, -0.2) is 11.3 Å². The van der Waals surface area contributed by atoms with E-state index in [-0.39, 0.29) is 6.04 Å². The van der Waals surface area contributed by atoms with Crippen molar-refractivity contribution in [2.45, 2.75) is 69.1 Å². The maximum Gasteiger partial charge on any atom is 0.0104 e. The van der Waals surface area contributed by atoms with Gasteiger partial charge in [0.15, 0.2) is 0 Å². The Balaban J connectivity index is 2.00. The molecule has 1 aromatic carbocycles. The second-order valence-electron chi connectivity index (χ2n) is 6.29. The Bertz CT molecular complexity index is 414. The number of hydrogen-bond donors (Lipinski definition) is 1. The average Bonchev–Trinajstić information content (AvgIpc) is 2.32. The first kappa shape index (κ1) is 14.9. The van der Waals surface area contributed by atoms with Gasteiger partial charge in [-0.15, -0.1) is 11.8 Å². The number of benzene rings is 1. The molecular formula is C17H27NS. The van der Waals surface area contributed by atoms with Crippen LogP contribution in [0, 0.1) is 12.8 Å². The van der Waals surface area contributed by atoms with Crippen molar-refractivity contribution in [2.24, 2.45) is 11.7 Å². The molecule has 3 unspecified atom stereocenters. The minimum absolute atomic E-state index is 0.247. The summed E-state index contributed by atoms with van der Waals surface area (Å²) in [6.45, 7) is 6.70. The largest absolute Gasteiger partial charge is 0.328 e. The van der Waals surface area contributed by atoms with Crippen LogP contribution < -0.4 is 5.73 Å². The lowest BCUT2D eigenvalue weighted by atomic mass is 9.91.